The molecule has 0 saturated carbocycles. The molecule has 2 aromatic carbocycles. The number of aryl methyl sites for hydroxylation is 3. The zero-order chi connectivity index (χ0) is 23.7. The summed E-state index contributed by atoms with van der Waals surface area (Å²) < 4.78 is 30.9. The number of nitrogens with zero attached hydrogens (tertiary/aromatic N) is 2. The molecule has 0 unspecified atom stereocenters. The number of carbonyl (C=O) groups is 1. The first kappa shape index (κ1) is 22.6. The van der Waals surface area contributed by atoms with E-state index in [1.165, 1.54) is 11.1 Å². The van der Waals surface area contributed by atoms with Crippen LogP contribution in [-0.2, 0) is 27.5 Å². The Hall–Kier alpha value is -3.19. The predicted octanol–water partition coefficient (Wildman–Crippen LogP) is 4.53. The van der Waals surface area contributed by atoms with E-state index in [4.69, 9.17) is 4.74 Å². The smallest absolute Gasteiger partial charge is 0.227 e. The van der Waals surface area contributed by atoms with E-state index >= 15 is 0 Å². The van der Waals surface area contributed by atoms with Crippen LogP contribution in [0.25, 0.3) is 11.1 Å². The third kappa shape index (κ3) is 4.57. The number of anilines is 1. The Balaban J connectivity index is 1.27. The number of sulfone groups is 1. The summed E-state index contributed by atoms with van der Waals surface area (Å²) in [4.78, 5) is 19.0. The Morgan fingerprint density at radius 1 is 0.971 bits per heavy atom. The van der Waals surface area contributed by atoms with Crippen LogP contribution in [0, 0.1) is 6.92 Å². The van der Waals surface area contributed by atoms with E-state index in [0.717, 1.165) is 48.2 Å². The molecule has 0 atom stereocenters. The summed E-state index contributed by atoms with van der Waals surface area (Å²) in [5, 5.41) is 0. The molecular weight excluding hydrogens is 448 g/mol. The van der Waals surface area contributed by atoms with Crippen molar-refractivity contribution in [2.75, 3.05) is 23.8 Å². The van der Waals surface area contributed by atoms with Crippen LogP contribution < -0.4 is 9.64 Å². The molecule has 1 amide bonds. The Morgan fingerprint density at radius 2 is 1.74 bits per heavy atom. The van der Waals surface area contributed by atoms with Crippen LogP contribution in [0.1, 0.15) is 36.0 Å². The first-order valence-electron chi connectivity index (χ1n) is 11.7. The van der Waals surface area contributed by atoms with Crippen molar-refractivity contribution in [2.24, 2.45) is 0 Å². The molecule has 2 aliphatic rings. The van der Waals surface area contributed by atoms with E-state index in [9.17, 15) is 13.2 Å². The zero-order valence-corrected chi connectivity index (χ0v) is 20.1. The fraction of sp³-hybridized carbons (Fsp3) is 0.333. The topological polar surface area (TPSA) is 76.6 Å². The Bertz CT molecular complexity index is 1320. The fourth-order valence-electron chi connectivity index (χ4n) is 4.78. The number of hydrogen-bond donors (Lipinski definition) is 0. The number of aromatic nitrogens is 1. The highest BCUT2D eigenvalue weighted by atomic mass is 32.2. The van der Waals surface area contributed by atoms with Gasteiger partial charge in [-0.05, 0) is 79.6 Å². The summed E-state index contributed by atoms with van der Waals surface area (Å²) in [6.45, 7) is 3.04. The van der Waals surface area contributed by atoms with Gasteiger partial charge in [0.1, 0.15) is 5.75 Å². The van der Waals surface area contributed by atoms with Crippen molar-refractivity contribution in [3.05, 3.63) is 71.5 Å². The minimum absolute atomic E-state index is 0.0343. The third-order valence-corrected chi connectivity index (χ3v) is 8.34. The first-order chi connectivity index (χ1) is 16.4. The molecule has 7 heteroatoms. The van der Waals surface area contributed by atoms with Gasteiger partial charge in [-0.25, -0.2) is 8.42 Å². The number of pyridine rings is 1. The Morgan fingerprint density at radius 3 is 2.53 bits per heavy atom. The van der Waals surface area contributed by atoms with Gasteiger partial charge in [-0.1, -0.05) is 17.7 Å². The number of ether oxygens (including phenoxy) is 1. The van der Waals surface area contributed by atoms with Gasteiger partial charge in [0.2, 0.25) is 5.91 Å². The molecule has 0 radical (unpaired) electrons. The van der Waals surface area contributed by atoms with Crippen LogP contribution in [0.4, 0.5) is 5.69 Å². The lowest BCUT2D eigenvalue weighted by molar-refractivity contribution is -0.119. The molecule has 0 bridgehead atoms. The van der Waals surface area contributed by atoms with E-state index < -0.39 is 9.84 Å². The van der Waals surface area contributed by atoms with E-state index in [0.29, 0.717) is 30.1 Å². The van der Waals surface area contributed by atoms with Crippen molar-refractivity contribution in [2.45, 2.75) is 43.9 Å². The summed E-state index contributed by atoms with van der Waals surface area (Å²) in [5.74, 6) is 0.878. The van der Waals surface area contributed by atoms with Gasteiger partial charge in [0.15, 0.2) is 9.84 Å². The molecule has 3 heterocycles. The summed E-state index contributed by atoms with van der Waals surface area (Å²) >= 11 is 0. The lowest BCUT2D eigenvalue weighted by atomic mass is 9.88. The van der Waals surface area contributed by atoms with Crippen molar-refractivity contribution < 1.29 is 17.9 Å². The molecule has 6 nitrogen and oxygen atoms in total. The van der Waals surface area contributed by atoms with E-state index in [1.807, 2.05) is 36.2 Å². The SMILES string of the molecule is Cc1ccc(S(=O)(=O)CCCOc2cncc(-c3cc4c5c(c3)CCC(=O)N5CCC4)c2)cc1. The molecular formula is C27H28N2O4S. The first-order valence-corrected chi connectivity index (χ1v) is 13.4. The fourth-order valence-corrected chi connectivity index (χ4v) is 6.06. The van der Waals surface area contributed by atoms with Gasteiger partial charge in [0, 0.05) is 24.7 Å². The predicted molar refractivity (Wildman–Crippen MR) is 132 cm³/mol. The molecule has 3 aromatic rings. The van der Waals surface area contributed by atoms with Gasteiger partial charge in [-0.15, -0.1) is 0 Å². The van der Waals surface area contributed by atoms with Crippen LogP contribution >= 0.6 is 0 Å². The van der Waals surface area contributed by atoms with Gasteiger partial charge < -0.3 is 9.64 Å². The second-order valence-corrected chi connectivity index (χ2v) is 11.1. The van der Waals surface area contributed by atoms with Crippen molar-refractivity contribution in [3.63, 3.8) is 0 Å². The minimum atomic E-state index is -3.33. The van der Waals surface area contributed by atoms with Crippen LogP contribution in [0.15, 0.2) is 59.8 Å². The number of benzene rings is 2. The highest BCUT2D eigenvalue weighted by molar-refractivity contribution is 7.91. The Labute approximate surface area is 200 Å². The quantitative estimate of drug-likeness (QED) is 0.469. The maximum absolute atomic E-state index is 12.5. The van der Waals surface area contributed by atoms with E-state index in [2.05, 4.69) is 17.1 Å². The maximum atomic E-state index is 12.5. The summed E-state index contributed by atoms with van der Waals surface area (Å²) in [5.41, 5.74) is 6.62. The molecule has 176 valence electrons. The van der Waals surface area contributed by atoms with Gasteiger partial charge in [-0.3, -0.25) is 9.78 Å². The van der Waals surface area contributed by atoms with Gasteiger partial charge in [-0.2, -0.15) is 0 Å². The van der Waals surface area contributed by atoms with Crippen LogP contribution in [-0.4, -0.2) is 38.2 Å². The van der Waals surface area contributed by atoms with Crippen molar-refractivity contribution in [3.8, 4) is 16.9 Å². The lowest BCUT2D eigenvalue weighted by Gasteiger charge is -2.35. The number of carbonyl (C=O) groups excluding carboxylic acids is 1. The maximum Gasteiger partial charge on any atom is 0.227 e. The highest BCUT2D eigenvalue weighted by Gasteiger charge is 2.29. The molecule has 2 aliphatic heterocycles. The Kier molecular flexibility index (Phi) is 6.13. The number of rotatable bonds is 7. The lowest BCUT2D eigenvalue weighted by Crippen LogP contribution is -2.39. The largest absolute Gasteiger partial charge is 0.492 e. The second-order valence-electron chi connectivity index (χ2n) is 9.04. The minimum Gasteiger partial charge on any atom is -0.492 e. The molecule has 34 heavy (non-hydrogen) atoms. The summed E-state index contributed by atoms with van der Waals surface area (Å²) in [6.07, 6.45) is 7.15. The third-order valence-electron chi connectivity index (χ3n) is 6.53. The second kappa shape index (κ2) is 9.22. The number of amides is 1. The van der Waals surface area contributed by atoms with Gasteiger partial charge in [0.05, 0.1) is 29.1 Å². The highest BCUT2D eigenvalue weighted by Crippen LogP contribution is 2.39. The number of hydrogen-bond acceptors (Lipinski definition) is 5. The average Bonchev–Trinajstić information content (AvgIpc) is 2.84. The molecule has 0 N–H and O–H groups in total. The molecule has 0 fully saturated rings. The van der Waals surface area contributed by atoms with Crippen molar-refractivity contribution in [1.29, 1.82) is 0 Å². The van der Waals surface area contributed by atoms with Crippen molar-refractivity contribution >= 4 is 21.4 Å². The van der Waals surface area contributed by atoms with E-state index in [1.54, 1.807) is 18.3 Å². The van der Waals surface area contributed by atoms with Gasteiger partial charge >= 0.3 is 0 Å². The van der Waals surface area contributed by atoms with Crippen LogP contribution in [0.2, 0.25) is 0 Å². The summed E-state index contributed by atoms with van der Waals surface area (Å²) in [7, 11) is -3.33. The average molecular weight is 477 g/mol. The molecule has 0 aliphatic carbocycles. The molecule has 0 saturated heterocycles. The molecule has 0 spiro atoms. The van der Waals surface area contributed by atoms with E-state index in [-0.39, 0.29) is 11.7 Å². The monoisotopic (exact) mass is 476 g/mol. The molecule has 1 aromatic heterocycles. The van der Waals surface area contributed by atoms with Crippen molar-refractivity contribution in [1.82, 2.24) is 4.98 Å². The molecule has 5 rings (SSSR count). The summed E-state index contributed by atoms with van der Waals surface area (Å²) in [6, 6.07) is 13.2. The zero-order valence-electron chi connectivity index (χ0n) is 19.3. The van der Waals surface area contributed by atoms with Crippen LogP contribution in [0.3, 0.4) is 0 Å². The van der Waals surface area contributed by atoms with Crippen LogP contribution in [0.5, 0.6) is 5.75 Å². The van der Waals surface area contributed by atoms with Gasteiger partial charge in [0.25, 0.3) is 0 Å². The standard InChI is InChI=1S/C27H28N2O4S/c1-19-5-8-25(9-6-19)34(31,32)13-3-12-33-24-16-23(17-28-18-24)22-14-20-4-2-11-29-26(30)10-7-21(15-22)27(20)29/h5-6,8-9,14-18H,2-4,7,10-13H2,1H3. The normalized spacial score (nSPS) is 15.2.